The third kappa shape index (κ3) is 2.78. The van der Waals surface area contributed by atoms with Gasteiger partial charge in [-0.2, -0.15) is 0 Å². The third-order valence-corrected chi connectivity index (χ3v) is 6.16. The van der Waals surface area contributed by atoms with Crippen molar-refractivity contribution in [1.29, 1.82) is 0 Å². The molecule has 0 radical (unpaired) electrons. The lowest BCUT2D eigenvalue weighted by Crippen LogP contribution is -2.17. The molecule has 3 aromatic carbocycles. The quantitative estimate of drug-likeness (QED) is 0.470. The summed E-state index contributed by atoms with van der Waals surface area (Å²) in [6.45, 7) is 11.5. The summed E-state index contributed by atoms with van der Waals surface area (Å²) in [6, 6.07) is 26.0. The Hall–Kier alpha value is -2.80. The maximum absolute atomic E-state index is 2.39. The predicted molar refractivity (Wildman–Crippen MR) is 117 cm³/mol. The summed E-state index contributed by atoms with van der Waals surface area (Å²) >= 11 is 0. The molecule has 1 heteroatoms. The van der Waals surface area contributed by atoms with Crippen molar-refractivity contribution in [2.24, 2.45) is 0 Å². The van der Waals surface area contributed by atoms with Crippen LogP contribution in [0.1, 0.15) is 44.4 Å². The molecule has 0 heterocycles. The average molecular weight is 354 g/mol. The number of fused-ring (bicyclic) bond motifs is 1. The summed E-state index contributed by atoms with van der Waals surface area (Å²) in [7, 11) is 0. The molecule has 0 aromatic heterocycles. The highest BCUT2D eigenvalue weighted by atomic mass is 15.1. The SMILES string of the molecule is CC1=C(C)C(C)(C)c2cc(N(c3ccccc3)c3ccccc3)cc(C)c21. The van der Waals surface area contributed by atoms with Crippen molar-refractivity contribution >= 4 is 22.6 Å². The summed E-state index contributed by atoms with van der Waals surface area (Å²) in [6.07, 6.45) is 0. The van der Waals surface area contributed by atoms with Gasteiger partial charge in [0.05, 0.1) is 0 Å². The van der Waals surface area contributed by atoms with E-state index in [-0.39, 0.29) is 5.41 Å². The van der Waals surface area contributed by atoms with Gasteiger partial charge in [-0.3, -0.25) is 0 Å². The molecule has 0 saturated heterocycles. The summed E-state index contributed by atoms with van der Waals surface area (Å²) in [5, 5.41) is 0. The molecule has 1 aliphatic carbocycles. The molecular formula is C26H27N. The van der Waals surface area contributed by atoms with Crippen LogP contribution in [-0.4, -0.2) is 0 Å². The Balaban J connectivity index is 1.94. The molecular weight excluding hydrogens is 326 g/mol. The van der Waals surface area contributed by atoms with Gasteiger partial charge in [0, 0.05) is 22.5 Å². The Labute approximate surface area is 163 Å². The number of hydrogen-bond donors (Lipinski definition) is 0. The fraction of sp³-hybridized carbons (Fsp3) is 0.231. The first kappa shape index (κ1) is 17.6. The Kier molecular flexibility index (Phi) is 4.19. The lowest BCUT2D eigenvalue weighted by molar-refractivity contribution is 0.638. The van der Waals surface area contributed by atoms with E-state index < -0.39 is 0 Å². The third-order valence-electron chi connectivity index (χ3n) is 6.16. The number of nitrogens with zero attached hydrogens (tertiary/aromatic N) is 1. The standard InChI is InChI=1S/C26H27N/c1-18-16-23(17-24-25(18)19(2)20(3)26(24,4)5)27(21-12-8-6-9-13-21)22-14-10-7-11-15-22/h6-17H,1-5H3. The Morgan fingerprint density at radius 2 is 1.19 bits per heavy atom. The van der Waals surface area contributed by atoms with Crippen LogP contribution in [0.25, 0.3) is 5.57 Å². The van der Waals surface area contributed by atoms with Crippen LogP contribution in [-0.2, 0) is 5.41 Å². The van der Waals surface area contributed by atoms with Crippen molar-refractivity contribution in [3.8, 4) is 0 Å². The van der Waals surface area contributed by atoms with E-state index in [0.717, 1.165) is 0 Å². The van der Waals surface area contributed by atoms with Gasteiger partial charge < -0.3 is 4.90 Å². The number of rotatable bonds is 3. The second kappa shape index (κ2) is 6.42. The zero-order valence-electron chi connectivity index (χ0n) is 16.9. The van der Waals surface area contributed by atoms with Crippen LogP contribution in [0, 0.1) is 6.92 Å². The molecule has 4 rings (SSSR count). The van der Waals surface area contributed by atoms with E-state index in [4.69, 9.17) is 0 Å². The van der Waals surface area contributed by atoms with Crippen LogP contribution in [0.2, 0.25) is 0 Å². The number of para-hydroxylation sites is 2. The van der Waals surface area contributed by atoms with Crippen LogP contribution in [0.5, 0.6) is 0 Å². The molecule has 0 bridgehead atoms. The summed E-state index contributed by atoms with van der Waals surface area (Å²) in [5.41, 5.74) is 10.8. The number of anilines is 3. The molecule has 1 nitrogen and oxygen atoms in total. The van der Waals surface area contributed by atoms with Crippen molar-refractivity contribution in [3.05, 3.63) is 95.1 Å². The maximum atomic E-state index is 2.39. The van der Waals surface area contributed by atoms with Gasteiger partial charge in [-0.15, -0.1) is 0 Å². The lowest BCUT2D eigenvalue weighted by atomic mass is 9.81. The molecule has 1 aliphatic rings. The van der Waals surface area contributed by atoms with Gasteiger partial charge in [0.15, 0.2) is 0 Å². The van der Waals surface area contributed by atoms with E-state index >= 15 is 0 Å². The van der Waals surface area contributed by atoms with Crippen molar-refractivity contribution in [3.63, 3.8) is 0 Å². The normalized spacial score (nSPS) is 15.0. The molecule has 136 valence electrons. The molecule has 3 aromatic rings. The topological polar surface area (TPSA) is 3.24 Å². The smallest absolute Gasteiger partial charge is 0.0467 e. The van der Waals surface area contributed by atoms with E-state index in [1.165, 1.54) is 44.9 Å². The number of allylic oxidation sites excluding steroid dienone is 2. The van der Waals surface area contributed by atoms with E-state index in [1.54, 1.807) is 0 Å². The largest absolute Gasteiger partial charge is 0.310 e. The first-order chi connectivity index (χ1) is 12.9. The fourth-order valence-electron chi connectivity index (χ4n) is 4.35. The van der Waals surface area contributed by atoms with Crippen LogP contribution in [0.3, 0.4) is 0 Å². The summed E-state index contributed by atoms with van der Waals surface area (Å²) in [5.74, 6) is 0. The highest BCUT2D eigenvalue weighted by Crippen LogP contribution is 2.49. The van der Waals surface area contributed by atoms with Gasteiger partial charge in [0.25, 0.3) is 0 Å². The van der Waals surface area contributed by atoms with E-state index in [9.17, 15) is 0 Å². The van der Waals surface area contributed by atoms with Gasteiger partial charge in [-0.25, -0.2) is 0 Å². The Morgan fingerprint density at radius 1 is 0.667 bits per heavy atom. The van der Waals surface area contributed by atoms with Crippen LogP contribution in [0.15, 0.2) is 78.4 Å². The highest BCUT2D eigenvalue weighted by molar-refractivity contribution is 5.85. The molecule has 0 fully saturated rings. The molecule has 0 atom stereocenters. The molecule has 0 aliphatic heterocycles. The zero-order valence-corrected chi connectivity index (χ0v) is 16.9. The molecule has 0 saturated carbocycles. The van der Waals surface area contributed by atoms with Crippen molar-refractivity contribution in [1.82, 2.24) is 0 Å². The van der Waals surface area contributed by atoms with Gasteiger partial charge in [-0.1, -0.05) is 55.8 Å². The highest BCUT2D eigenvalue weighted by Gasteiger charge is 2.35. The number of aryl methyl sites for hydroxylation is 1. The minimum absolute atomic E-state index is 0.0687. The summed E-state index contributed by atoms with van der Waals surface area (Å²) < 4.78 is 0. The van der Waals surface area contributed by atoms with Crippen molar-refractivity contribution in [2.45, 2.75) is 40.0 Å². The summed E-state index contributed by atoms with van der Waals surface area (Å²) in [4.78, 5) is 2.35. The first-order valence-corrected chi connectivity index (χ1v) is 9.65. The first-order valence-electron chi connectivity index (χ1n) is 9.65. The minimum Gasteiger partial charge on any atom is -0.310 e. The zero-order chi connectivity index (χ0) is 19.2. The second-order valence-electron chi connectivity index (χ2n) is 8.07. The second-order valence-corrected chi connectivity index (χ2v) is 8.07. The maximum Gasteiger partial charge on any atom is 0.0467 e. The van der Waals surface area contributed by atoms with E-state index in [1.807, 2.05) is 0 Å². The van der Waals surface area contributed by atoms with Gasteiger partial charge >= 0.3 is 0 Å². The van der Waals surface area contributed by atoms with Crippen molar-refractivity contribution < 1.29 is 0 Å². The van der Waals surface area contributed by atoms with Gasteiger partial charge in [0.1, 0.15) is 0 Å². The fourth-order valence-corrected chi connectivity index (χ4v) is 4.35. The van der Waals surface area contributed by atoms with Crippen LogP contribution < -0.4 is 4.90 Å². The molecule has 0 amide bonds. The van der Waals surface area contributed by atoms with E-state index in [0.29, 0.717) is 0 Å². The Bertz CT molecular complexity index is 971. The van der Waals surface area contributed by atoms with Crippen LogP contribution >= 0.6 is 0 Å². The minimum atomic E-state index is 0.0687. The molecule has 0 N–H and O–H groups in total. The van der Waals surface area contributed by atoms with E-state index in [2.05, 4.69) is 112 Å². The Morgan fingerprint density at radius 3 is 1.70 bits per heavy atom. The van der Waals surface area contributed by atoms with Crippen molar-refractivity contribution in [2.75, 3.05) is 4.90 Å². The number of benzene rings is 3. The van der Waals surface area contributed by atoms with Gasteiger partial charge in [-0.05, 0) is 79.4 Å². The predicted octanol–water partition coefficient (Wildman–Crippen LogP) is 7.55. The molecule has 27 heavy (non-hydrogen) atoms. The van der Waals surface area contributed by atoms with Crippen LogP contribution in [0.4, 0.5) is 17.1 Å². The average Bonchev–Trinajstić information content (AvgIpc) is 2.85. The van der Waals surface area contributed by atoms with Gasteiger partial charge in [0.2, 0.25) is 0 Å². The molecule has 0 spiro atoms. The molecule has 0 unspecified atom stereocenters. The monoisotopic (exact) mass is 353 g/mol. The lowest BCUT2D eigenvalue weighted by Gasteiger charge is -2.29. The number of hydrogen-bond acceptors (Lipinski definition) is 1.